The Bertz CT molecular complexity index is 527. The monoisotopic (exact) mass is 304 g/mol. The van der Waals surface area contributed by atoms with Gasteiger partial charge in [-0.25, -0.2) is 0 Å². The van der Waals surface area contributed by atoms with E-state index in [0.717, 1.165) is 38.5 Å². The summed E-state index contributed by atoms with van der Waals surface area (Å²) < 4.78 is 0. The van der Waals surface area contributed by atoms with E-state index in [2.05, 4.69) is 13.8 Å². The molecule has 22 heavy (non-hydrogen) atoms. The van der Waals surface area contributed by atoms with Crippen LogP contribution < -0.4 is 0 Å². The van der Waals surface area contributed by atoms with Gasteiger partial charge < -0.3 is 5.11 Å². The molecule has 0 radical (unpaired) electrons. The van der Waals surface area contributed by atoms with Gasteiger partial charge in [0.15, 0.2) is 0 Å². The lowest BCUT2D eigenvalue weighted by Gasteiger charge is -2.58. The average Bonchev–Trinajstić information content (AvgIpc) is 2.75. The van der Waals surface area contributed by atoms with Gasteiger partial charge >= 0.3 is 0 Å². The lowest BCUT2D eigenvalue weighted by atomic mass is 9.45. The Hall–Kier alpha value is -0.700. The summed E-state index contributed by atoms with van der Waals surface area (Å²) in [6.45, 7) is 4.36. The summed E-state index contributed by atoms with van der Waals surface area (Å²) in [5.74, 6) is 2.14. The Morgan fingerprint density at radius 1 is 1.09 bits per heavy atom. The number of carbonyl (C=O) groups excluding carboxylic acids is 2. The highest BCUT2D eigenvalue weighted by molar-refractivity contribution is 5.95. The van der Waals surface area contributed by atoms with Crippen molar-refractivity contribution >= 4 is 11.6 Å². The predicted molar refractivity (Wildman–Crippen MR) is 83.1 cm³/mol. The Labute approximate surface area is 132 Å². The van der Waals surface area contributed by atoms with Crippen molar-refractivity contribution in [1.29, 1.82) is 0 Å². The molecule has 4 aliphatic carbocycles. The maximum absolute atomic E-state index is 13.0. The predicted octanol–water partition coefficient (Wildman–Crippen LogP) is 3.14. The summed E-state index contributed by atoms with van der Waals surface area (Å²) in [5.41, 5.74) is -0.304. The van der Waals surface area contributed by atoms with Gasteiger partial charge in [0.1, 0.15) is 11.6 Å². The fourth-order valence-corrected chi connectivity index (χ4v) is 6.83. The number of carbonyl (C=O) groups is 2. The summed E-state index contributed by atoms with van der Waals surface area (Å²) in [6.07, 6.45) is 6.86. The topological polar surface area (TPSA) is 54.4 Å². The Kier molecular flexibility index (Phi) is 3.15. The zero-order chi connectivity index (χ0) is 15.7. The van der Waals surface area contributed by atoms with Crippen LogP contribution in [0, 0.1) is 34.5 Å². The fraction of sp³-hybridized carbons (Fsp3) is 0.895. The van der Waals surface area contributed by atoms with Crippen LogP contribution in [0.1, 0.15) is 65.2 Å². The molecule has 3 nitrogen and oxygen atoms in total. The van der Waals surface area contributed by atoms with Gasteiger partial charge in [0.2, 0.25) is 0 Å². The van der Waals surface area contributed by atoms with E-state index in [1.54, 1.807) is 0 Å². The molecule has 0 bridgehead atoms. The molecular formula is C19H28O3. The van der Waals surface area contributed by atoms with Gasteiger partial charge in [0.05, 0.1) is 6.10 Å². The molecule has 122 valence electrons. The van der Waals surface area contributed by atoms with E-state index in [1.165, 1.54) is 0 Å². The zero-order valence-corrected chi connectivity index (χ0v) is 13.8. The fourth-order valence-electron chi connectivity index (χ4n) is 6.83. The van der Waals surface area contributed by atoms with Crippen molar-refractivity contribution in [2.45, 2.75) is 71.3 Å². The number of aliphatic hydroxyl groups excluding tert-OH is 1. The molecule has 4 fully saturated rings. The highest BCUT2D eigenvalue weighted by Crippen LogP contribution is 2.64. The molecule has 0 aromatic heterocycles. The molecule has 0 aliphatic heterocycles. The SMILES string of the molecule is C[C@@]12CC[C@H](O)C[C@@H]1CC[C@H]1[C@H]2C(=O)C[C@@]2(C)C(=O)CC[C@H]12. The summed E-state index contributed by atoms with van der Waals surface area (Å²) in [4.78, 5) is 25.4. The third-order valence-corrected chi connectivity index (χ3v) is 8.04. The highest BCUT2D eigenvalue weighted by Gasteiger charge is 2.63. The summed E-state index contributed by atoms with van der Waals surface area (Å²) in [6, 6.07) is 0. The largest absolute Gasteiger partial charge is 0.393 e. The third kappa shape index (κ3) is 1.78. The van der Waals surface area contributed by atoms with Gasteiger partial charge in [-0.1, -0.05) is 13.8 Å². The number of Topliss-reactive ketones (excluding diaryl/α,β-unsaturated/α-hetero) is 2. The average molecular weight is 304 g/mol. The zero-order valence-electron chi connectivity index (χ0n) is 13.8. The van der Waals surface area contributed by atoms with Crippen LogP contribution in [-0.4, -0.2) is 22.8 Å². The van der Waals surface area contributed by atoms with Crippen molar-refractivity contribution in [3.8, 4) is 0 Å². The Morgan fingerprint density at radius 3 is 2.64 bits per heavy atom. The van der Waals surface area contributed by atoms with Crippen molar-refractivity contribution in [2.75, 3.05) is 0 Å². The van der Waals surface area contributed by atoms with Gasteiger partial charge in [-0.3, -0.25) is 9.59 Å². The van der Waals surface area contributed by atoms with Gasteiger partial charge in [-0.2, -0.15) is 0 Å². The highest BCUT2D eigenvalue weighted by atomic mass is 16.3. The van der Waals surface area contributed by atoms with Crippen LogP contribution in [0.15, 0.2) is 0 Å². The number of rotatable bonds is 0. The van der Waals surface area contributed by atoms with E-state index in [4.69, 9.17) is 0 Å². The molecule has 0 amide bonds. The van der Waals surface area contributed by atoms with Crippen LogP contribution >= 0.6 is 0 Å². The number of ketones is 2. The second-order valence-electron chi connectivity index (χ2n) is 8.98. The molecule has 4 aliphatic rings. The second-order valence-corrected chi connectivity index (χ2v) is 8.98. The van der Waals surface area contributed by atoms with Crippen LogP contribution in [0.3, 0.4) is 0 Å². The minimum Gasteiger partial charge on any atom is -0.393 e. The van der Waals surface area contributed by atoms with Crippen LogP contribution in [0.5, 0.6) is 0 Å². The molecule has 0 aromatic rings. The quantitative estimate of drug-likeness (QED) is 0.748. The van der Waals surface area contributed by atoms with E-state index in [0.29, 0.717) is 42.2 Å². The van der Waals surface area contributed by atoms with Crippen LogP contribution in [0.2, 0.25) is 0 Å². The van der Waals surface area contributed by atoms with Crippen LogP contribution in [0.25, 0.3) is 0 Å². The van der Waals surface area contributed by atoms with Gasteiger partial charge in [0.25, 0.3) is 0 Å². The molecule has 0 spiro atoms. The van der Waals surface area contributed by atoms with Gasteiger partial charge in [0, 0.05) is 24.2 Å². The maximum Gasteiger partial charge on any atom is 0.139 e. The molecule has 4 saturated carbocycles. The number of aliphatic hydroxyl groups is 1. The molecule has 4 rings (SSSR count). The molecule has 0 unspecified atom stereocenters. The molecule has 3 heteroatoms. The van der Waals surface area contributed by atoms with E-state index in [1.807, 2.05) is 0 Å². The first-order chi connectivity index (χ1) is 10.4. The van der Waals surface area contributed by atoms with Crippen molar-refractivity contribution < 1.29 is 14.7 Å². The molecule has 7 atom stereocenters. The van der Waals surface area contributed by atoms with Crippen molar-refractivity contribution in [2.24, 2.45) is 34.5 Å². The molecular weight excluding hydrogens is 276 g/mol. The minimum absolute atomic E-state index is 0.0617. The molecule has 1 N–H and O–H groups in total. The van der Waals surface area contributed by atoms with Crippen LogP contribution in [0.4, 0.5) is 0 Å². The smallest absolute Gasteiger partial charge is 0.139 e. The lowest BCUT2D eigenvalue weighted by Crippen LogP contribution is -2.57. The van der Waals surface area contributed by atoms with E-state index in [-0.39, 0.29) is 22.9 Å². The first-order valence-corrected chi connectivity index (χ1v) is 9.10. The second kappa shape index (κ2) is 4.66. The molecule has 0 saturated heterocycles. The van der Waals surface area contributed by atoms with Crippen LogP contribution in [-0.2, 0) is 9.59 Å². The third-order valence-electron chi connectivity index (χ3n) is 8.04. The summed E-state index contributed by atoms with van der Waals surface area (Å²) >= 11 is 0. The summed E-state index contributed by atoms with van der Waals surface area (Å²) in [5, 5.41) is 10.0. The Morgan fingerprint density at radius 2 is 1.86 bits per heavy atom. The normalized spacial score (nSPS) is 54.6. The standard InChI is InChI=1S/C19H28O3/c1-18-8-7-12(20)9-11(18)3-4-13-14-5-6-16(22)19(14,2)10-15(21)17(13)18/h11-14,17,20H,3-10H2,1-2H3/t11-,12-,13+,14+,17-,18+,19+/m0/s1. The maximum atomic E-state index is 13.0. The van der Waals surface area contributed by atoms with E-state index in [9.17, 15) is 14.7 Å². The lowest BCUT2D eigenvalue weighted by molar-refractivity contribution is -0.162. The van der Waals surface area contributed by atoms with Gasteiger partial charge in [-0.05, 0) is 61.7 Å². The first-order valence-electron chi connectivity index (χ1n) is 9.10. The first kappa shape index (κ1) is 14.9. The molecule has 0 heterocycles. The Balaban J connectivity index is 1.71. The van der Waals surface area contributed by atoms with Crippen molar-refractivity contribution in [1.82, 2.24) is 0 Å². The van der Waals surface area contributed by atoms with E-state index < -0.39 is 0 Å². The molecule has 0 aromatic carbocycles. The minimum atomic E-state index is -0.365. The van der Waals surface area contributed by atoms with Crippen molar-refractivity contribution in [3.63, 3.8) is 0 Å². The van der Waals surface area contributed by atoms with Gasteiger partial charge in [-0.15, -0.1) is 0 Å². The summed E-state index contributed by atoms with van der Waals surface area (Å²) in [7, 11) is 0. The number of hydrogen-bond acceptors (Lipinski definition) is 3. The van der Waals surface area contributed by atoms with Crippen molar-refractivity contribution in [3.05, 3.63) is 0 Å². The van der Waals surface area contributed by atoms with E-state index >= 15 is 0 Å². The number of fused-ring (bicyclic) bond motifs is 5. The number of hydrogen-bond donors (Lipinski definition) is 1.